The van der Waals surface area contributed by atoms with Crippen molar-refractivity contribution < 1.29 is 14.3 Å². The summed E-state index contributed by atoms with van der Waals surface area (Å²) in [5, 5.41) is 1.87. The smallest absolute Gasteiger partial charge is 0.328 e. The van der Waals surface area contributed by atoms with Gasteiger partial charge in [0.1, 0.15) is 6.04 Å². The molecule has 98 valence electrons. The van der Waals surface area contributed by atoms with Crippen molar-refractivity contribution in [2.75, 3.05) is 13.2 Å². The highest BCUT2D eigenvalue weighted by Gasteiger charge is 2.35. The topological polar surface area (TPSA) is 46.6 Å². The lowest BCUT2D eigenvalue weighted by Crippen LogP contribution is -2.41. The van der Waals surface area contributed by atoms with Crippen molar-refractivity contribution in [1.29, 1.82) is 0 Å². The van der Waals surface area contributed by atoms with Gasteiger partial charge in [0.25, 0.3) is 5.91 Å². The van der Waals surface area contributed by atoms with E-state index in [2.05, 4.69) is 0 Å². The minimum atomic E-state index is -0.397. The Labute approximate surface area is 111 Å². The van der Waals surface area contributed by atoms with E-state index in [0.717, 1.165) is 12.8 Å². The normalized spacial score (nSPS) is 18.9. The number of thiophene rings is 1. The molecule has 4 nitrogen and oxygen atoms in total. The second-order valence-corrected chi connectivity index (χ2v) is 5.25. The molecule has 0 aliphatic carbocycles. The zero-order valence-electron chi connectivity index (χ0n) is 10.4. The number of hydrogen-bond donors (Lipinski definition) is 0. The van der Waals surface area contributed by atoms with Crippen LogP contribution in [0.25, 0.3) is 0 Å². The summed E-state index contributed by atoms with van der Waals surface area (Å²) in [5.41, 5.74) is 0. The lowest BCUT2D eigenvalue weighted by molar-refractivity contribution is -0.148. The van der Waals surface area contributed by atoms with Crippen molar-refractivity contribution in [3.05, 3.63) is 22.4 Å². The summed E-state index contributed by atoms with van der Waals surface area (Å²) in [7, 11) is 0. The van der Waals surface area contributed by atoms with Crippen LogP contribution in [0.5, 0.6) is 0 Å². The van der Waals surface area contributed by atoms with Crippen molar-refractivity contribution >= 4 is 23.2 Å². The molecule has 18 heavy (non-hydrogen) atoms. The molecular formula is C13H17NO3S. The third-order valence-corrected chi connectivity index (χ3v) is 3.82. The lowest BCUT2D eigenvalue weighted by atomic mass is 10.2. The summed E-state index contributed by atoms with van der Waals surface area (Å²) in [5.74, 6) is -0.319. The van der Waals surface area contributed by atoms with Gasteiger partial charge in [-0.15, -0.1) is 11.3 Å². The number of hydrogen-bond acceptors (Lipinski definition) is 4. The molecule has 2 rings (SSSR count). The van der Waals surface area contributed by atoms with Crippen LogP contribution >= 0.6 is 11.3 Å². The van der Waals surface area contributed by atoms with E-state index in [4.69, 9.17) is 4.74 Å². The van der Waals surface area contributed by atoms with Crippen LogP contribution in [0.4, 0.5) is 0 Å². The fraction of sp³-hybridized carbons (Fsp3) is 0.538. The van der Waals surface area contributed by atoms with Crippen molar-refractivity contribution in [2.45, 2.75) is 32.2 Å². The first kappa shape index (κ1) is 13.1. The van der Waals surface area contributed by atoms with Gasteiger partial charge in [-0.05, 0) is 30.7 Å². The van der Waals surface area contributed by atoms with E-state index in [-0.39, 0.29) is 11.9 Å². The van der Waals surface area contributed by atoms with Gasteiger partial charge < -0.3 is 9.64 Å². The van der Waals surface area contributed by atoms with E-state index in [0.29, 0.717) is 24.4 Å². The number of likely N-dealkylation sites (tertiary alicyclic amines) is 1. The molecule has 1 unspecified atom stereocenters. The van der Waals surface area contributed by atoms with Gasteiger partial charge in [-0.3, -0.25) is 4.79 Å². The van der Waals surface area contributed by atoms with Crippen LogP contribution in [-0.4, -0.2) is 36.0 Å². The molecule has 0 aromatic carbocycles. The van der Waals surface area contributed by atoms with E-state index < -0.39 is 6.04 Å². The van der Waals surface area contributed by atoms with Crippen LogP contribution in [0.1, 0.15) is 35.9 Å². The number of amides is 1. The maximum absolute atomic E-state index is 12.2. The van der Waals surface area contributed by atoms with Gasteiger partial charge in [0.2, 0.25) is 0 Å². The summed E-state index contributed by atoms with van der Waals surface area (Å²) in [6, 6.07) is 3.24. The Morgan fingerprint density at radius 2 is 2.39 bits per heavy atom. The molecule has 0 saturated carbocycles. The molecule has 2 heterocycles. The number of ether oxygens (including phenoxy) is 1. The monoisotopic (exact) mass is 267 g/mol. The summed E-state index contributed by atoms with van der Waals surface area (Å²) in [6.07, 6.45) is 2.38. The summed E-state index contributed by atoms with van der Waals surface area (Å²) >= 11 is 1.41. The maximum atomic E-state index is 12.2. The number of carbonyl (C=O) groups excluding carboxylic acids is 2. The van der Waals surface area contributed by atoms with Gasteiger partial charge in [-0.2, -0.15) is 0 Å². The molecule has 1 aromatic heterocycles. The van der Waals surface area contributed by atoms with Gasteiger partial charge in [0, 0.05) is 6.54 Å². The Morgan fingerprint density at radius 3 is 3.06 bits per heavy atom. The van der Waals surface area contributed by atoms with Gasteiger partial charge in [0.05, 0.1) is 11.5 Å². The molecule has 1 fully saturated rings. The van der Waals surface area contributed by atoms with Gasteiger partial charge in [0.15, 0.2) is 0 Å². The minimum Gasteiger partial charge on any atom is -0.464 e. The molecule has 1 atom stereocenters. The molecule has 1 aliphatic heterocycles. The Morgan fingerprint density at radius 1 is 1.56 bits per heavy atom. The van der Waals surface area contributed by atoms with E-state index in [1.54, 1.807) is 11.0 Å². The van der Waals surface area contributed by atoms with Crippen LogP contribution in [0.15, 0.2) is 17.5 Å². The second-order valence-electron chi connectivity index (χ2n) is 4.30. The Kier molecular flexibility index (Phi) is 4.36. The van der Waals surface area contributed by atoms with Crippen molar-refractivity contribution in [1.82, 2.24) is 4.90 Å². The number of esters is 1. The van der Waals surface area contributed by atoms with E-state index in [1.165, 1.54) is 11.3 Å². The van der Waals surface area contributed by atoms with Gasteiger partial charge in [-0.1, -0.05) is 13.0 Å². The number of nitrogens with zero attached hydrogens (tertiary/aromatic N) is 1. The van der Waals surface area contributed by atoms with Crippen molar-refractivity contribution in [3.63, 3.8) is 0 Å². The van der Waals surface area contributed by atoms with Gasteiger partial charge in [-0.25, -0.2) is 4.79 Å². The largest absolute Gasteiger partial charge is 0.464 e. The highest BCUT2D eigenvalue weighted by atomic mass is 32.1. The van der Waals surface area contributed by atoms with E-state index in [9.17, 15) is 9.59 Å². The molecule has 1 amide bonds. The standard InChI is InChI=1S/C13H17NO3S/c1-2-8-17-13(16)10-5-3-7-14(10)12(15)11-6-4-9-18-11/h4,6,9-10H,2-3,5,7-8H2,1H3. The lowest BCUT2D eigenvalue weighted by Gasteiger charge is -2.22. The van der Waals surface area contributed by atoms with Crippen molar-refractivity contribution in [2.24, 2.45) is 0 Å². The van der Waals surface area contributed by atoms with Crippen LogP contribution in [-0.2, 0) is 9.53 Å². The summed E-state index contributed by atoms with van der Waals surface area (Å²) < 4.78 is 5.14. The molecule has 1 aromatic rings. The first-order valence-electron chi connectivity index (χ1n) is 6.25. The Balaban J connectivity index is 2.03. The van der Waals surface area contributed by atoms with E-state index >= 15 is 0 Å². The molecule has 0 radical (unpaired) electrons. The molecule has 0 spiro atoms. The minimum absolute atomic E-state index is 0.0547. The third kappa shape index (κ3) is 2.72. The van der Waals surface area contributed by atoms with Crippen LogP contribution < -0.4 is 0 Å². The second kappa shape index (κ2) is 6.00. The van der Waals surface area contributed by atoms with E-state index in [1.807, 2.05) is 18.4 Å². The molecule has 0 bridgehead atoms. The predicted molar refractivity (Wildman–Crippen MR) is 69.6 cm³/mol. The number of carbonyl (C=O) groups is 2. The van der Waals surface area contributed by atoms with Crippen LogP contribution in [0.3, 0.4) is 0 Å². The zero-order valence-corrected chi connectivity index (χ0v) is 11.2. The Hall–Kier alpha value is -1.36. The maximum Gasteiger partial charge on any atom is 0.328 e. The average molecular weight is 267 g/mol. The molecule has 1 saturated heterocycles. The highest BCUT2D eigenvalue weighted by molar-refractivity contribution is 7.12. The molecule has 5 heteroatoms. The predicted octanol–water partition coefficient (Wildman–Crippen LogP) is 2.31. The fourth-order valence-electron chi connectivity index (χ4n) is 2.10. The summed E-state index contributed by atoms with van der Waals surface area (Å²) in [6.45, 7) is 3.02. The average Bonchev–Trinajstić information content (AvgIpc) is 3.04. The third-order valence-electron chi connectivity index (χ3n) is 2.97. The molecule has 0 N–H and O–H groups in total. The first-order chi connectivity index (χ1) is 8.74. The first-order valence-corrected chi connectivity index (χ1v) is 7.13. The Bertz CT molecular complexity index is 416. The quantitative estimate of drug-likeness (QED) is 0.786. The molecular weight excluding hydrogens is 250 g/mol. The SMILES string of the molecule is CCCOC(=O)C1CCCN1C(=O)c1cccs1. The van der Waals surface area contributed by atoms with Crippen molar-refractivity contribution in [3.8, 4) is 0 Å². The van der Waals surface area contributed by atoms with Gasteiger partial charge >= 0.3 is 5.97 Å². The van der Waals surface area contributed by atoms with Crippen LogP contribution in [0.2, 0.25) is 0 Å². The fourth-order valence-corrected chi connectivity index (χ4v) is 2.77. The van der Waals surface area contributed by atoms with Crippen LogP contribution in [0, 0.1) is 0 Å². The molecule has 1 aliphatic rings. The summed E-state index contributed by atoms with van der Waals surface area (Å²) in [4.78, 5) is 26.4. The zero-order chi connectivity index (χ0) is 13.0. The number of rotatable bonds is 4. The highest BCUT2D eigenvalue weighted by Crippen LogP contribution is 2.23.